The molecule has 0 N–H and O–H groups in total. The molecule has 3 aromatic carbocycles. The number of hydrogen-bond donors (Lipinski definition) is 0. The van der Waals surface area contributed by atoms with E-state index >= 15 is 0 Å². The van der Waals surface area contributed by atoms with Crippen LogP contribution in [0.5, 0.6) is 0 Å². The van der Waals surface area contributed by atoms with Crippen molar-refractivity contribution in [2.75, 3.05) is 0 Å². The molecule has 0 saturated heterocycles. The minimum absolute atomic E-state index is 0.0190. The van der Waals surface area contributed by atoms with Crippen LogP contribution in [-0.2, 0) is 26.5 Å². The van der Waals surface area contributed by atoms with Crippen LogP contribution >= 0.6 is 17.2 Å². The summed E-state index contributed by atoms with van der Waals surface area (Å²) in [5.74, 6) is 0.415. The van der Waals surface area contributed by atoms with E-state index in [1.807, 2.05) is 0 Å². The van der Waals surface area contributed by atoms with E-state index in [0.717, 1.165) is 0 Å². The summed E-state index contributed by atoms with van der Waals surface area (Å²) < 4.78 is 1.44. The normalized spacial score (nSPS) is 18.4. The second kappa shape index (κ2) is 10.8. The van der Waals surface area contributed by atoms with Crippen molar-refractivity contribution < 1.29 is 15.7 Å². The van der Waals surface area contributed by atoms with Gasteiger partial charge >= 0.3 is 264 Å². The first-order valence-electron chi connectivity index (χ1n) is 15.9. The Bertz CT molecular complexity index is 1550. The first kappa shape index (κ1) is 30.5. The second-order valence-electron chi connectivity index (χ2n) is 15.1. The van der Waals surface area contributed by atoms with Gasteiger partial charge in [0.05, 0.1) is 0 Å². The van der Waals surface area contributed by atoms with E-state index < -0.39 is 15.7 Å². The Balaban J connectivity index is 1.79. The van der Waals surface area contributed by atoms with E-state index in [4.69, 9.17) is 17.2 Å². The molecule has 0 aromatic heterocycles. The van der Waals surface area contributed by atoms with Crippen LogP contribution in [-0.4, -0.2) is 3.26 Å². The fraction of sp³-hybridized carbons (Fsp3) is 0.410. The van der Waals surface area contributed by atoms with Crippen molar-refractivity contribution in [1.29, 1.82) is 0 Å². The molecule has 0 amide bonds. The molecule has 0 bridgehead atoms. The third-order valence-corrected chi connectivity index (χ3v) is 39.3. The molecule has 0 heterocycles. The minimum atomic E-state index is -5.33. The van der Waals surface area contributed by atoms with Crippen molar-refractivity contribution in [2.45, 2.75) is 91.8 Å². The van der Waals surface area contributed by atoms with Gasteiger partial charge in [0.1, 0.15) is 0 Å². The molecule has 1 fully saturated rings. The number of fused-ring (bicyclic) bond motifs is 3. The maximum atomic E-state index is 8.78. The number of halogens is 2. The van der Waals surface area contributed by atoms with Crippen LogP contribution in [0, 0.1) is 5.92 Å². The molecule has 0 spiro atoms. The van der Waals surface area contributed by atoms with Gasteiger partial charge in [-0.3, -0.25) is 0 Å². The third kappa shape index (κ3) is 5.04. The molecule has 1 saturated carbocycles. The SMILES string of the molecule is CC(C)(C)c1ccc2c(c1)[CH]([Hf]([Cl])([Cl])(=[C](c1ccccc1)C1CCCCC1)[CH]1C=CC=C1)c1cc(C(C)(C)C)ccc1-2. The molecule has 6 rings (SSSR count). The van der Waals surface area contributed by atoms with Crippen LogP contribution in [0.15, 0.2) is 91.0 Å². The first-order chi connectivity index (χ1) is 19.8. The van der Waals surface area contributed by atoms with Crippen LogP contribution in [0.2, 0.25) is 3.67 Å². The van der Waals surface area contributed by atoms with Gasteiger partial charge in [0, 0.05) is 0 Å². The third-order valence-electron chi connectivity index (χ3n) is 10.2. The number of rotatable bonds is 4. The molecular weight excluding hydrogens is 718 g/mol. The zero-order valence-corrected chi connectivity index (χ0v) is 31.3. The Labute approximate surface area is 262 Å². The Kier molecular flexibility index (Phi) is 7.85. The van der Waals surface area contributed by atoms with Gasteiger partial charge in [0.2, 0.25) is 0 Å². The van der Waals surface area contributed by atoms with E-state index in [9.17, 15) is 0 Å². The van der Waals surface area contributed by atoms with Crippen LogP contribution in [0.1, 0.15) is 105 Å². The predicted molar refractivity (Wildman–Crippen MR) is 182 cm³/mol. The fourth-order valence-corrected chi connectivity index (χ4v) is 37.9. The van der Waals surface area contributed by atoms with Gasteiger partial charge < -0.3 is 0 Å². The van der Waals surface area contributed by atoms with Crippen molar-refractivity contribution >= 4 is 20.4 Å². The van der Waals surface area contributed by atoms with Gasteiger partial charge in [-0.25, -0.2) is 0 Å². The van der Waals surface area contributed by atoms with Gasteiger partial charge in [0.25, 0.3) is 0 Å². The summed E-state index contributed by atoms with van der Waals surface area (Å²) in [6.45, 7) is 13.9. The number of benzene rings is 3. The van der Waals surface area contributed by atoms with Gasteiger partial charge in [0.15, 0.2) is 0 Å². The van der Waals surface area contributed by atoms with E-state index in [2.05, 4.69) is 133 Å². The van der Waals surface area contributed by atoms with Crippen molar-refractivity contribution in [3.8, 4) is 11.1 Å². The van der Waals surface area contributed by atoms with Crippen molar-refractivity contribution in [2.24, 2.45) is 5.92 Å². The molecule has 0 radical (unpaired) electrons. The molecule has 0 nitrogen and oxygen atoms in total. The Morgan fingerprint density at radius 3 is 1.64 bits per heavy atom. The van der Waals surface area contributed by atoms with E-state index in [1.165, 1.54) is 74.3 Å². The Morgan fingerprint density at radius 1 is 0.667 bits per heavy atom. The summed E-state index contributed by atoms with van der Waals surface area (Å²) in [5.41, 5.74) is 9.34. The maximum absolute atomic E-state index is 8.78. The molecular formula is C39H46Cl2Hf. The van der Waals surface area contributed by atoms with E-state index in [1.54, 1.807) is 0 Å². The molecule has 0 atom stereocenters. The summed E-state index contributed by atoms with van der Waals surface area (Å²) in [5, 5.41) is 0. The van der Waals surface area contributed by atoms with Gasteiger partial charge in [-0.1, -0.05) is 0 Å². The molecule has 3 aliphatic rings. The van der Waals surface area contributed by atoms with Gasteiger partial charge in [-0.2, -0.15) is 0 Å². The van der Waals surface area contributed by atoms with E-state index in [0.29, 0.717) is 5.92 Å². The Morgan fingerprint density at radius 2 is 1.17 bits per heavy atom. The Hall–Kier alpha value is -1.54. The van der Waals surface area contributed by atoms with Crippen molar-refractivity contribution in [3.63, 3.8) is 0 Å². The topological polar surface area (TPSA) is 0 Å². The second-order valence-corrected chi connectivity index (χ2v) is 44.7. The number of allylic oxidation sites excluding steroid dienone is 4. The average Bonchev–Trinajstić information content (AvgIpc) is 3.61. The quantitative estimate of drug-likeness (QED) is 0.232. The predicted octanol–water partition coefficient (Wildman–Crippen LogP) is 12.1. The van der Waals surface area contributed by atoms with Gasteiger partial charge in [-0.15, -0.1) is 0 Å². The first-order valence-corrected chi connectivity index (χ1v) is 30.8. The molecule has 3 aromatic rings. The molecule has 0 unspecified atom stereocenters. The molecule has 0 aliphatic heterocycles. The summed E-state index contributed by atoms with van der Waals surface area (Å²) in [6.07, 6.45) is 15.2. The van der Waals surface area contributed by atoms with Crippen LogP contribution in [0.25, 0.3) is 11.1 Å². The standard InChI is InChI=1S/C21H25.C13H16.C5H5.2ClH.Hf/c1-20(2,3)16-7-9-18-14(12-16)11-15-13-17(21(4,5)6)8-10-19(15)18;1-3-7-12(8-4-1)11-13-9-5-2-6-10-13;1-2-4-5-3-1;;;/h7-13H,1-6H3;1,3-4,7-8,13H,2,5-6,9-10H2;1-5H;2*1H;/q;;;;;+2/p-2. The van der Waals surface area contributed by atoms with Crippen molar-refractivity contribution in [1.82, 2.24) is 0 Å². The summed E-state index contributed by atoms with van der Waals surface area (Å²) in [6, 6.07) is 25.4. The fourth-order valence-electron chi connectivity index (χ4n) is 7.99. The van der Waals surface area contributed by atoms with Crippen LogP contribution < -0.4 is 0 Å². The summed E-state index contributed by atoms with van der Waals surface area (Å²) in [7, 11) is 17.6. The van der Waals surface area contributed by atoms with Crippen molar-refractivity contribution in [3.05, 3.63) is 119 Å². The molecule has 42 heavy (non-hydrogen) atoms. The molecule has 3 heteroatoms. The zero-order chi connectivity index (χ0) is 29.9. The summed E-state index contributed by atoms with van der Waals surface area (Å²) in [4.78, 5) is 0. The summed E-state index contributed by atoms with van der Waals surface area (Å²) >= 11 is -5.33. The monoisotopic (exact) mass is 764 g/mol. The van der Waals surface area contributed by atoms with Gasteiger partial charge in [-0.05, 0) is 0 Å². The zero-order valence-electron chi connectivity index (χ0n) is 26.2. The number of hydrogen-bond acceptors (Lipinski definition) is 0. The molecule has 220 valence electrons. The average molecular weight is 764 g/mol. The van der Waals surface area contributed by atoms with E-state index in [-0.39, 0.29) is 18.2 Å². The van der Waals surface area contributed by atoms with Crippen LogP contribution in [0.3, 0.4) is 0 Å². The van der Waals surface area contributed by atoms with Crippen LogP contribution in [0.4, 0.5) is 0 Å². The molecule has 3 aliphatic carbocycles.